The Labute approximate surface area is 156 Å². The van der Waals surface area contributed by atoms with E-state index in [2.05, 4.69) is 70.9 Å². The van der Waals surface area contributed by atoms with Gasteiger partial charge in [0.05, 0.1) is 5.56 Å². The summed E-state index contributed by atoms with van der Waals surface area (Å²) in [6.45, 7) is 7.20. The number of amides is 1. The summed E-state index contributed by atoms with van der Waals surface area (Å²) in [6, 6.07) is 12.1. The Morgan fingerprint density at radius 2 is 1.92 bits per heavy atom. The molecule has 0 bridgehead atoms. The van der Waals surface area contributed by atoms with Crippen LogP contribution < -0.4 is 10.6 Å². The van der Waals surface area contributed by atoms with Crippen LogP contribution >= 0.6 is 11.3 Å². The van der Waals surface area contributed by atoms with Gasteiger partial charge in [-0.2, -0.15) is 0 Å². The molecule has 2 N–H and O–H groups in total. The fourth-order valence-corrected chi connectivity index (χ4v) is 2.89. The summed E-state index contributed by atoms with van der Waals surface area (Å²) in [5.74, 6) is 0.485. The Morgan fingerprint density at radius 1 is 1.15 bits per heavy atom. The number of pyridine rings is 1. The van der Waals surface area contributed by atoms with Gasteiger partial charge in [-0.1, -0.05) is 55.0 Å². The Hall–Kier alpha value is -2.80. The van der Waals surface area contributed by atoms with Gasteiger partial charge in [0.25, 0.3) is 5.91 Å². The number of carbonyl (C=O) groups excluding carboxylic acids is 1. The van der Waals surface area contributed by atoms with Crippen LogP contribution in [0.2, 0.25) is 0 Å². The molecule has 0 aliphatic rings. The number of aromatic nitrogens is 3. The van der Waals surface area contributed by atoms with Gasteiger partial charge >= 0.3 is 0 Å². The van der Waals surface area contributed by atoms with Crippen molar-refractivity contribution in [1.82, 2.24) is 15.2 Å². The molecule has 1 aromatic carbocycles. The first-order valence-electron chi connectivity index (χ1n) is 8.29. The predicted octanol–water partition coefficient (Wildman–Crippen LogP) is 3.88. The minimum absolute atomic E-state index is 0.0384. The molecule has 0 aliphatic heterocycles. The molecule has 134 valence electrons. The number of anilines is 2. The summed E-state index contributed by atoms with van der Waals surface area (Å²) >= 11 is 1.27. The maximum atomic E-state index is 12.1. The maximum absolute atomic E-state index is 12.1. The van der Waals surface area contributed by atoms with E-state index >= 15 is 0 Å². The highest BCUT2D eigenvalue weighted by molar-refractivity contribution is 7.13. The fraction of sp³-hybridized carbons (Fsp3) is 0.263. The molecule has 2 aromatic heterocycles. The molecule has 7 heteroatoms. The van der Waals surface area contributed by atoms with Crippen molar-refractivity contribution in [3.05, 3.63) is 64.8 Å². The molecule has 0 radical (unpaired) electrons. The lowest BCUT2D eigenvalue weighted by molar-refractivity contribution is 0.102. The number of nitrogens with one attached hydrogen (secondary N) is 2. The van der Waals surface area contributed by atoms with Crippen molar-refractivity contribution in [3.63, 3.8) is 0 Å². The first-order chi connectivity index (χ1) is 12.4. The molecule has 0 saturated heterocycles. The second kappa shape index (κ2) is 7.61. The Bertz CT molecular complexity index is 858. The van der Waals surface area contributed by atoms with Crippen molar-refractivity contribution in [1.29, 1.82) is 0 Å². The molecule has 0 fully saturated rings. The van der Waals surface area contributed by atoms with E-state index in [1.807, 2.05) is 0 Å². The van der Waals surface area contributed by atoms with Gasteiger partial charge in [-0.15, -0.1) is 10.2 Å². The Balaban J connectivity index is 1.60. The van der Waals surface area contributed by atoms with Crippen LogP contribution in [-0.2, 0) is 5.41 Å². The van der Waals surface area contributed by atoms with Crippen LogP contribution in [0.25, 0.3) is 0 Å². The van der Waals surface area contributed by atoms with Crippen LogP contribution in [0.4, 0.5) is 10.9 Å². The molecule has 2 heterocycles. The van der Waals surface area contributed by atoms with E-state index in [1.165, 1.54) is 22.5 Å². The molecule has 0 spiro atoms. The van der Waals surface area contributed by atoms with Crippen molar-refractivity contribution in [2.45, 2.75) is 26.2 Å². The van der Waals surface area contributed by atoms with Gasteiger partial charge < -0.3 is 5.32 Å². The molecule has 0 saturated carbocycles. The van der Waals surface area contributed by atoms with Gasteiger partial charge in [0.2, 0.25) is 5.13 Å². The number of rotatable bonds is 6. The largest absolute Gasteiger partial charge is 0.369 e. The van der Waals surface area contributed by atoms with E-state index in [4.69, 9.17) is 0 Å². The molecule has 0 aliphatic carbocycles. The van der Waals surface area contributed by atoms with Gasteiger partial charge in [0.15, 0.2) is 0 Å². The van der Waals surface area contributed by atoms with Gasteiger partial charge in [-0.05, 0) is 24.6 Å². The van der Waals surface area contributed by atoms with Crippen LogP contribution in [0.1, 0.15) is 35.3 Å². The SMILES string of the molecule is Cc1ccc(C(C)(C)CNc2ccc(C(=O)Nc3nncs3)cn2)cc1. The second-order valence-corrected chi connectivity index (χ2v) is 7.57. The lowest BCUT2D eigenvalue weighted by atomic mass is 9.84. The van der Waals surface area contributed by atoms with Crippen LogP contribution in [0.3, 0.4) is 0 Å². The number of nitrogens with zero attached hydrogens (tertiary/aromatic N) is 3. The number of carbonyl (C=O) groups is 1. The first kappa shape index (κ1) is 18.0. The Kier molecular flexibility index (Phi) is 5.27. The van der Waals surface area contributed by atoms with E-state index in [-0.39, 0.29) is 11.3 Å². The van der Waals surface area contributed by atoms with Gasteiger partial charge in [-0.3, -0.25) is 10.1 Å². The van der Waals surface area contributed by atoms with Gasteiger partial charge in [-0.25, -0.2) is 4.98 Å². The van der Waals surface area contributed by atoms with Crippen molar-refractivity contribution in [2.24, 2.45) is 0 Å². The van der Waals surface area contributed by atoms with Crippen molar-refractivity contribution >= 4 is 28.2 Å². The molecule has 3 rings (SSSR count). The highest BCUT2D eigenvalue weighted by Gasteiger charge is 2.20. The zero-order chi connectivity index (χ0) is 18.6. The van der Waals surface area contributed by atoms with Crippen LogP contribution in [0.15, 0.2) is 48.1 Å². The summed E-state index contributed by atoms with van der Waals surface area (Å²) in [5, 5.41) is 14.0. The highest BCUT2D eigenvalue weighted by Crippen LogP contribution is 2.24. The topological polar surface area (TPSA) is 79.8 Å². The summed E-state index contributed by atoms with van der Waals surface area (Å²) < 4.78 is 0. The molecular weight excluding hydrogens is 346 g/mol. The number of hydrogen-bond acceptors (Lipinski definition) is 6. The van der Waals surface area contributed by atoms with Crippen LogP contribution in [-0.4, -0.2) is 27.6 Å². The molecule has 0 atom stereocenters. The monoisotopic (exact) mass is 367 g/mol. The first-order valence-corrected chi connectivity index (χ1v) is 9.17. The summed E-state index contributed by atoms with van der Waals surface area (Å²) in [4.78, 5) is 16.5. The summed E-state index contributed by atoms with van der Waals surface area (Å²) in [7, 11) is 0. The molecular formula is C19H21N5OS. The lowest BCUT2D eigenvalue weighted by Gasteiger charge is -2.26. The minimum atomic E-state index is -0.249. The Morgan fingerprint density at radius 3 is 2.54 bits per heavy atom. The third kappa shape index (κ3) is 4.43. The van der Waals surface area contributed by atoms with E-state index in [0.29, 0.717) is 10.7 Å². The van der Waals surface area contributed by atoms with Crippen LogP contribution in [0.5, 0.6) is 0 Å². The molecule has 0 unspecified atom stereocenters. The van der Waals surface area contributed by atoms with Crippen LogP contribution in [0, 0.1) is 6.92 Å². The molecule has 26 heavy (non-hydrogen) atoms. The van der Waals surface area contributed by atoms with E-state index < -0.39 is 0 Å². The lowest BCUT2D eigenvalue weighted by Crippen LogP contribution is -2.28. The number of aryl methyl sites for hydroxylation is 1. The van der Waals surface area contributed by atoms with Crippen molar-refractivity contribution in [3.8, 4) is 0 Å². The zero-order valence-electron chi connectivity index (χ0n) is 15.0. The normalized spacial score (nSPS) is 11.2. The minimum Gasteiger partial charge on any atom is -0.369 e. The van der Waals surface area contributed by atoms with Gasteiger partial charge in [0.1, 0.15) is 11.3 Å². The third-order valence-electron chi connectivity index (χ3n) is 4.15. The van der Waals surface area contributed by atoms with E-state index in [1.54, 1.807) is 23.8 Å². The number of hydrogen-bond donors (Lipinski definition) is 2. The zero-order valence-corrected chi connectivity index (χ0v) is 15.8. The van der Waals surface area contributed by atoms with E-state index in [0.717, 1.165) is 12.4 Å². The molecule has 1 amide bonds. The number of benzene rings is 1. The highest BCUT2D eigenvalue weighted by atomic mass is 32.1. The standard InChI is InChI=1S/C19H21N5OS/c1-13-4-7-15(8-5-13)19(2,3)11-21-16-9-6-14(10-20-16)17(25)23-18-24-22-12-26-18/h4-10,12H,11H2,1-3H3,(H,20,21)(H,23,24,25). The fourth-order valence-electron chi connectivity index (χ4n) is 2.45. The van der Waals surface area contributed by atoms with Gasteiger partial charge in [0, 0.05) is 18.2 Å². The van der Waals surface area contributed by atoms with Crippen molar-refractivity contribution in [2.75, 3.05) is 17.2 Å². The average molecular weight is 367 g/mol. The quantitative estimate of drug-likeness (QED) is 0.691. The smallest absolute Gasteiger partial charge is 0.259 e. The van der Waals surface area contributed by atoms with Crippen molar-refractivity contribution < 1.29 is 4.79 Å². The third-order valence-corrected chi connectivity index (χ3v) is 4.76. The average Bonchev–Trinajstić information content (AvgIpc) is 3.14. The summed E-state index contributed by atoms with van der Waals surface area (Å²) in [5.41, 5.74) is 4.52. The predicted molar refractivity (Wildman–Crippen MR) is 105 cm³/mol. The van der Waals surface area contributed by atoms with E-state index in [9.17, 15) is 4.79 Å². The second-order valence-electron chi connectivity index (χ2n) is 6.73. The molecule has 3 aromatic rings. The summed E-state index contributed by atoms with van der Waals surface area (Å²) in [6.07, 6.45) is 1.55. The molecule has 6 nitrogen and oxygen atoms in total. The maximum Gasteiger partial charge on any atom is 0.259 e.